The van der Waals surface area contributed by atoms with Gasteiger partial charge in [0.2, 0.25) is 0 Å². The number of carbonyl (C=O) groups excluding carboxylic acids is 2. The zero-order valence-corrected chi connectivity index (χ0v) is 15.2. The van der Waals surface area contributed by atoms with Crippen molar-refractivity contribution in [1.29, 1.82) is 0 Å². The van der Waals surface area contributed by atoms with Crippen molar-refractivity contribution in [2.45, 2.75) is 6.04 Å². The van der Waals surface area contributed by atoms with Crippen molar-refractivity contribution in [3.05, 3.63) is 80.4 Å². The molecule has 1 fully saturated rings. The average molecular weight is 403 g/mol. The first-order valence-corrected chi connectivity index (χ1v) is 8.63. The second kappa shape index (κ2) is 7.79. The third-order valence-corrected chi connectivity index (χ3v) is 4.68. The first kappa shape index (κ1) is 19.5. The van der Waals surface area contributed by atoms with E-state index >= 15 is 0 Å². The molecule has 0 aromatic heterocycles. The van der Waals surface area contributed by atoms with Gasteiger partial charge in [-0.15, -0.1) is 0 Å². The summed E-state index contributed by atoms with van der Waals surface area (Å²) in [4.78, 5) is 37.0. The van der Waals surface area contributed by atoms with Crippen molar-refractivity contribution in [2.24, 2.45) is 0 Å². The highest BCUT2D eigenvalue weighted by molar-refractivity contribution is 6.46. The zero-order valence-electron chi connectivity index (χ0n) is 14.4. The Labute approximate surface area is 164 Å². The first-order valence-electron chi connectivity index (χ1n) is 8.25. The maximum absolute atomic E-state index is 12.7. The fourth-order valence-electron chi connectivity index (χ4n) is 3.19. The van der Waals surface area contributed by atoms with E-state index < -0.39 is 35.0 Å². The van der Waals surface area contributed by atoms with Gasteiger partial charge in [0.05, 0.1) is 28.7 Å². The zero-order chi connectivity index (χ0) is 20.4. The largest absolute Gasteiger partial charge is 0.507 e. The normalized spacial score (nSPS) is 18.5. The number of hydrogen-bond donors (Lipinski definition) is 2. The van der Waals surface area contributed by atoms with Crippen LogP contribution in [0.2, 0.25) is 5.02 Å². The van der Waals surface area contributed by atoms with Gasteiger partial charge in [0, 0.05) is 23.2 Å². The van der Waals surface area contributed by atoms with E-state index in [0.29, 0.717) is 5.02 Å². The molecule has 2 aromatic rings. The van der Waals surface area contributed by atoms with E-state index in [-0.39, 0.29) is 28.9 Å². The lowest BCUT2D eigenvalue weighted by atomic mass is 9.94. The van der Waals surface area contributed by atoms with Crippen LogP contribution >= 0.6 is 11.6 Å². The Balaban J connectivity index is 2.26. The summed E-state index contributed by atoms with van der Waals surface area (Å²) in [6, 6.07) is 10.4. The van der Waals surface area contributed by atoms with Gasteiger partial charge in [-0.25, -0.2) is 0 Å². The highest BCUT2D eigenvalue weighted by atomic mass is 35.5. The Bertz CT molecular complexity index is 986. The lowest BCUT2D eigenvalue weighted by molar-refractivity contribution is -0.385. The standard InChI is InChI=1S/C19H15ClN2O6/c20-12-7-5-11(6-8-12)17(24)15-16(21(9-10-23)19(26)18(15)25)13-3-1-2-4-14(13)22(27)28/h1-8,16,23-24H,9-10H2/b17-15+/t16-/m1/s1. The number of rotatable bonds is 5. The van der Waals surface area contributed by atoms with Crippen molar-refractivity contribution in [1.82, 2.24) is 4.90 Å². The van der Waals surface area contributed by atoms with E-state index in [0.717, 1.165) is 4.90 Å². The number of likely N-dealkylation sites (tertiary alicyclic amines) is 1. The van der Waals surface area contributed by atoms with Crippen LogP contribution in [-0.4, -0.2) is 44.9 Å². The van der Waals surface area contributed by atoms with Crippen LogP contribution in [-0.2, 0) is 9.59 Å². The van der Waals surface area contributed by atoms with Crippen LogP contribution in [0.4, 0.5) is 5.69 Å². The van der Waals surface area contributed by atoms with Crippen LogP contribution < -0.4 is 0 Å². The first-order chi connectivity index (χ1) is 13.4. The van der Waals surface area contributed by atoms with Crippen LogP contribution in [0.5, 0.6) is 0 Å². The highest BCUT2D eigenvalue weighted by Crippen LogP contribution is 2.42. The second-order valence-corrected chi connectivity index (χ2v) is 6.48. The Morgan fingerprint density at radius 1 is 1.14 bits per heavy atom. The number of aliphatic hydroxyl groups excluding tert-OH is 2. The van der Waals surface area contributed by atoms with E-state index in [9.17, 15) is 29.9 Å². The molecule has 1 aliphatic rings. The number of amides is 1. The predicted molar refractivity (Wildman–Crippen MR) is 101 cm³/mol. The Kier molecular flexibility index (Phi) is 5.43. The molecular weight excluding hydrogens is 388 g/mol. The van der Waals surface area contributed by atoms with Crippen molar-refractivity contribution in [3.8, 4) is 0 Å². The number of nitrogens with zero attached hydrogens (tertiary/aromatic N) is 2. The van der Waals surface area contributed by atoms with Crippen LogP contribution in [0.1, 0.15) is 17.2 Å². The summed E-state index contributed by atoms with van der Waals surface area (Å²) < 4.78 is 0. The SMILES string of the molecule is O=C1C(=O)N(CCO)[C@H](c2ccccc2[N+](=O)[O-])/C1=C(\O)c1ccc(Cl)cc1. The molecule has 1 saturated heterocycles. The summed E-state index contributed by atoms with van der Waals surface area (Å²) in [6.07, 6.45) is 0. The molecule has 1 atom stereocenters. The fraction of sp³-hybridized carbons (Fsp3) is 0.158. The van der Waals surface area contributed by atoms with Crippen LogP contribution in [0.3, 0.4) is 0 Å². The van der Waals surface area contributed by atoms with E-state index in [1.54, 1.807) is 0 Å². The van der Waals surface area contributed by atoms with Crippen LogP contribution in [0.25, 0.3) is 5.76 Å². The van der Waals surface area contributed by atoms with E-state index in [4.69, 9.17) is 11.6 Å². The topological polar surface area (TPSA) is 121 Å². The molecule has 2 N–H and O–H groups in total. The molecule has 8 nitrogen and oxygen atoms in total. The van der Waals surface area contributed by atoms with Crippen LogP contribution in [0, 0.1) is 10.1 Å². The summed E-state index contributed by atoms with van der Waals surface area (Å²) >= 11 is 5.84. The van der Waals surface area contributed by atoms with E-state index in [1.807, 2.05) is 0 Å². The molecule has 2 aromatic carbocycles. The maximum atomic E-state index is 12.7. The quantitative estimate of drug-likeness (QED) is 0.261. The van der Waals surface area contributed by atoms with Crippen molar-refractivity contribution in [3.63, 3.8) is 0 Å². The molecular formula is C19H15ClN2O6. The number of β-amino-alcohol motifs (C(OH)–C–C–N with tert-alkyl or cyclic N) is 1. The van der Waals surface area contributed by atoms with Gasteiger partial charge in [-0.05, 0) is 30.3 Å². The molecule has 0 aliphatic carbocycles. The van der Waals surface area contributed by atoms with E-state index in [1.165, 1.54) is 48.5 Å². The van der Waals surface area contributed by atoms with Crippen LogP contribution in [0.15, 0.2) is 54.1 Å². The number of benzene rings is 2. The Morgan fingerprint density at radius 3 is 2.39 bits per heavy atom. The third kappa shape index (κ3) is 3.35. The van der Waals surface area contributed by atoms with Gasteiger partial charge in [0.15, 0.2) is 0 Å². The van der Waals surface area contributed by atoms with Gasteiger partial charge >= 0.3 is 0 Å². The second-order valence-electron chi connectivity index (χ2n) is 6.04. The molecule has 1 heterocycles. The number of hydrogen-bond acceptors (Lipinski definition) is 6. The minimum atomic E-state index is -1.20. The maximum Gasteiger partial charge on any atom is 0.295 e. The Morgan fingerprint density at radius 2 is 1.79 bits per heavy atom. The summed E-state index contributed by atoms with van der Waals surface area (Å²) in [5.41, 5.74) is -0.292. The molecule has 0 unspecified atom stereocenters. The summed E-state index contributed by atoms with van der Waals surface area (Å²) in [7, 11) is 0. The number of para-hydroxylation sites is 1. The van der Waals surface area contributed by atoms with Gasteiger partial charge in [-0.1, -0.05) is 23.7 Å². The summed E-state index contributed by atoms with van der Waals surface area (Å²) in [5.74, 6) is -2.41. The number of halogens is 1. The highest BCUT2D eigenvalue weighted by Gasteiger charge is 2.47. The third-order valence-electron chi connectivity index (χ3n) is 4.43. The summed E-state index contributed by atoms with van der Waals surface area (Å²) in [6.45, 7) is -0.677. The minimum absolute atomic E-state index is 0.0654. The molecule has 0 bridgehead atoms. The molecule has 28 heavy (non-hydrogen) atoms. The molecule has 0 spiro atoms. The van der Waals surface area contributed by atoms with Gasteiger partial charge in [0.1, 0.15) is 5.76 Å². The predicted octanol–water partition coefficient (Wildman–Crippen LogP) is 2.66. The number of Topliss-reactive ketones (excluding diaryl/α,β-unsaturated/α-hetero) is 1. The van der Waals surface area contributed by atoms with Crippen molar-refractivity contribution in [2.75, 3.05) is 13.2 Å². The molecule has 9 heteroatoms. The lowest BCUT2D eigenvalue weighted by Gasteiger charge is -2.24. The van der Waals surface area contributed by atoms with Crippen molar-refractivity contribution >= 4 is 34.7 Å². The van der Waals surface area contributed by atoms with Gasteiger partial charge in [0.25, 0.3) is 17.4 Å². The fourth-order valence-corrected chi connectivity index (χ4v) is 3.32. The summed E-state index contributed by atoms with van der Waals surface area (Å²) in [5, 5.41) is 31.9. The van der Waals surface area contributed by atoms with Gasteiger partial charge < -0.3 is 15.1 Å². The Hall–Kier alpha value is -3.23. The number of aliphatic hydroxyl groups is 2. The average Bonchev–Trinajstić information content (AvgIpc) is 2.93. The number of ketones is 1. The van der Waals surface area contributed by atoms with E-state index in [2.05, 4.69) is 0 Å². The molecule has 3 rings (SSSR count). The minimum Gasteiger partial charge on any atom is -0.507 e. The molecule has 0 saturated carbocycles. The number of carbonyl (C=O) groups is 2. The van der Waals surface area contributed by atoms with Gasteiger partial charge in [-0.3, -0.25) is 19.7 Å². The smallest absolute Gasteiger partial charge is 0.295 e. The molecule has 0 radical (unpaired) electrons. The molecule has 144 valence electrons. The lowest BCUT2D eigenvalue weighted by Crippen LogP contribution is -2.32. The number of nitro groups is 1. The van der Waals surface area contributed by atoms with Gasteiger partial charge in [-0.2, -0.15) is 0 Å². The molecule has 1 amide bonds. The van der Waals surface area contributed by atoms with Crippen molar-refractivity contribution < 1.29 is 24.7 Å². The number of nitro benzene ring substituents is 1. The molecule has 1 aliphatic heterocycles. The monoisotopic (exact) mass is 402 g/mol.